The SMILES string of the molecule is CC1(C)C(NCCc2ncon2)[C@]2(C)CC[C@H]1C2. The van der Waals surface area contributed by atoms with Crippen LogP contribution in [-0.2, 0) is 6.42 Å². The maximum Gasteiger partial charge on any atom is 0.213 e. The first-order valence-electron chi connectivity index (χ1n) is 7.01. The molecule has 0 radical (unpaired) electrons. The van der Waals surface area contributed by atoms with Gasteiger partial charge in [-0.2, -0.15) is 4.98 Å². The van der Waals surface area contributed by atoms with E-state index in [9.17, 15) is 0 Å². The van der Waals surface area contributed by atoms with E-state index in [0.29, 0.717) is 16.9 Å². The van der Waals surface area contributed by atoms with E-state index in [1.165, 1.54) is 25.7 Å². The highest BCUT2D eigenvalue weighted by Gasteiger charge is 2.58. The molecule has 0 saturated heterocycles. The molecule has 2 bridgehead atoms. The molecule has 0 aliphatic heterocycles. The summed E-state index contributed by atoms with van der Waals surface area (Å²) >= 11 is 0. The second kappa shape index (κ2) is 4.05. The lowest BCUT2D eigenvalue weighted by Gasteiger charge is -2.43. The first-order valence-corrected chi connectivity index (χ1v) is 7.01. The van der Waals surface area contributed by atoms with Gasteiger partial charge in [0.2, 0.25) is 6.39 Å². The largest absolute Gasteiger partial charge is 0.343 e. The van der Waals surface area contributed by atoms with Crippen LogP contribution in [0.3, 0.4) is 0 Å². The molecule has 1 heterocycles. The average molecular weight is 249 g/mol. The molecule has 0 aromatic carbocycles. The van der Waals surface area contributed by atoms with Crippen LogP contribution in [0.5, 0.6) is 0 Å². The molecule has 0 spiro atoms. The quantitative estimate of drug-likeness (QED) is 0.890. The van der Waals surface area contributed by atoms with Gasteiger partial charge in [-0.15, -0.1) is 0 Å². The van der Waals surface area contributed by atoms with Gasteiger partial charge in [-0.1, -0.05) is 25.9 Å². The van der Waals surface area contributed by atoms with Gasteiger partial charge >= 0.3 is 0 Å². The summed E-state index contributed by atoms with van der Waals surface area (Å²) < 4.78 is 4.76. The second-order valence-electron chi connectivity index (χ2n) is 6.90. The van der Waals surface area contributed by atoms with Gasteiger partial charge in [-0.3, -0.25) is 0 Å². The number of nitrogens with zero attached hydrogens (tertiary/aromatic N) is 2. The van der Waals surface area contributed by atoms with Gasteiger partial charge in [0.25, 0.3) is 0 Å². The lowest BCUT2D eigenvalue weighted by Crippen LogP contribution is -2.50. The van der Waals surface area contributed by atoms with Crippen LogP contribution in [0.4, 0.5) is 0 Å². The first-order chi connectivity index (χ1) is 8.52. The third-order valence-corrected chi connectivity index (χ3v) is 5.37. The molecule has 18 heavy (non-hydrogen) atoms. The maximum atomic E-state index is 4.76. The van der Waals surface area contributed by atoms with E-state index in [1.54, 1.807) is 0 Å². The van der Waals surface area contributed by atoms with E-state index in [4.69, 9.17) is 4.52 Å². The van der Waals surface area contributed by atoms with E-state index < -0.39 is 0 Å². The molecule has 1 aromatic rings. The normalized spacial score (nSPS) is 37.3. The summed E-state index contributed by atoms with van der Waals surface area (Å²) in [5.41, 5.74) is 0.912. The third-order valence-electron chi connectivity index (χ3n) is 5.37. The van der Waals surface area contributed by atoms with Crippen molar-refractivity contribution in [3.05, 3.63) is 12.2 Å². The summed E-state index contributed by atoms with van der Waals surface area (Å²) in [5.74, 6) is 1.69. The molecule has 3 rings (SSSR count). The Morgan fingerprint density at radius 1 is 1.44 bits per heavy atom. The molecule has 4 nitrogen and oxygen atoms in total. The topological polar surface area (TPSA) is 51.0 Å². The van der Waals surface area contributed by atoms with Crippen molar-refractivity contribution >= 4 is 0 Å². The minimum absolute atomic E-state index is 0.421. The Kier molecular flexibility index (Phi) is 2.73. The van der Waals surface area contributed by atoms with Crippen LogP contribution in [-0.4, -0.2) is 22.7 Å². The summed E-state index contributed by atoms with van der Waals surface area (Å²) in [5, 5.41) is 7.62. The van der Waals surface area contributed by atoms with Crippen molar-refractivity contribution in [2.24, 2.45) is 16.7 Å². The van der Waals surface area contributed by atoms with E-state index in [2.05, 4.69) is 36.2 Å². The highest BCUT2D eigenvalue weighted by Crippen LogP contribution is 2.62. The molecule has 1 unspecified atom stereocenters. The highest BCUT2D eigenvalue weighted by molar-refractivity contribution is 5.12. The lowest BCUT2D eigenvalue weighted by molar-refractivity contribution is 0.110. The van der Waals surface area contributed by atoms with Crippen LogP contribution in [0.1, 0.15) is 45.9 Å². The fraction of sp³-hybridized carbons (Fsp3) is 0.857. The predicted octanol–water partition coefficient (Wildman–Crippen LogP) is 2.42. The first kappa shape index (κ1) is 12.2. The number of fused-ring (bicyclic) bond motifs is 2. The van der Waals surface area contributed by atoms with Crippen molar-refractivity contribution in [2.75, 3.05) is 6.54 Å². The molecule has 100 valence electrons. The Morgan fingerprint density at radius 2 is 2.28 bits per heavy atom. The fourth-order valence-corrected chi connectivity index (χ4v) is 4.44. The molecular formula is C14H23N3O. The Morgan fingerprint density at radius 3 is 2.89 bits per heavy atom. The van der Waals surface area contributed by atoms with Gasteiger partial charge in [0.1, 0.15) is 0 Å². The molecule has 1 N–H and O–H groups in total. The Bertz CT molecular complexity index is 410. The van der Waals surface area contributed by atoms with Crippen molar-refractivity contribution in [3.63, 3.8) is 0 Å². The average Bonchev–Trinajstić information content (AvgIpc) is 2.96. The highest BCUT2D eigenvalue weighted by atomic mass is 16.5. The minimum atomic E-state index is 0.421. The van der Waals surface area contributed by atoms with E-state index in [1.807, 2.05) is 0 Å². The van der Waals surface area contributed by atoms with Gasteiger partial charge in [0, 0.05) is 19.0 Å². The zero-order chi connectivity index (χ0) is 12.8. The molecule has 4 heteroatoms. The van der Waals surface area contributed by atoms with Gasteiger partial charge in [-0.25, -0.2) is 0 Å². The summed E-state index contributed by atoms with van der Waals surface area (Å²) in [6.45, 7) is 8.24. The molecule has 2 fully saturated rings. The summed E-state index contributed by atoms with van der Waals surface area (Å²) in [6, 6.07) is 0.621. The molecule has 2 aliphatic rings. The Hall–Kier alpha value is -0.900. The molecule has 2 saturated carbocycles. The molecular weight excluding hydrogens is 226 g/mol. The van der Waals surface area contributed by atoms with Gasteiger partial charge in [-0.05, 0) is 36.0 Å². The Labute approximate surface area is 109 Å². The molecule has 2 aliphatic carbocycles. The third kappa shape index (κ3) is 1.78. The van der Waals surface area contributed by atoms with Crippen molar-refractivity contribution in [3.8, 4) is 0 Å². The van der Waals surface area contributed by atoms with Gasteiger partial charge in [0.05, 0.1) is 0 Å². The number of hydrogen-bond acceptors (Lipinski definition) is 4. The van der Waals surface area contributed by atoms with Crippen LogP contribution >= 0.6 is 0 Å². The monoisotopic (exact) mass is 249 g/mol. The standard InChI is InChI=1S/C14H23N3O/c1-13(2)10-4-6-14(3,8-10)12(13)15-7-5-11-16-9-18-17-11/h9-10,12,15H,4-8H2,1-3H3/t10-,12?,14+/m0/s1. The molecule has 0 amide bonds. The smallest absolute Gasteiger partial charge is 0.213 e. The van der Waals surface area contributed by atoms with E-state index in [0.717, 1.165) is 24.7 Å². The number of hydrogen-bond donors (Lipinski definition) is 1. The van der Waals surface area contributed by atoms with E-state index >= 15 is 0 Å². The molecule has 3 atom stereocenters. The number of aromatic nitrogens is 2. The van der Waals surface area contributed by atoms with Crippen molar-refractivity contribution in [2.45, 2.75) is 52.5 Å². The van der Waals surface area contributed by atoms with Crippen LogP contribution < -0.4 is 5.32 Å². The van der Waals surface area contributed by atoms with Crippen molar-refractivity contribution < 1.29 is 4.52 Å². The summed E-state index contributed by atoms with van der Waals surface area (Å²) in [7, 11) is 0. The lowest BCUT2D eigenvalue weighted by atomic mass is 9.68. The van der Waals surface area contributed by atoms with Crippen molar-refractivity contribution in [1.82, 2.24) is 15.5 Å². The maximum absolute atomic E-state index is 4.76. The summed E-state index contributed by atoms with van der Waals surface area (Å²) in [4.78, 5) is 4.06. The van der Waals surface area contributed by atoms with Crippen LogP contribution in [0.15, 0.2) is 10.9 Å². The number of nitrogens with one attached hydrogen (secondary N) is 1. The second-order valence-corrected chi connectivity index (χ2v) is 6.90. The number of rotatable bonds is 4. The Balaban J connectivity index is 1.62. The zero-order valence-electron chi connectivity index (χ0n) is 11.6. The predicted molar refractivity (Wildman–Crippen MR) is 69.0 cm³/mol. The zero-order valence-corrected chi connectivity index (χ0v) is 11.6. The van der Waals surface area contributed by atoms with Crippen LogP contribution in [0.2, 0.25) is 0 Å². The fourth-order valence-electron chi connectivity index (χ4n) is 4.44. The van der Waals surface area contributed by atoms with Gasteiger partial charge in [0.15, 0.2) is 5.82 Å². The van der Waals surface area contributed by atoms with Crippen molar-refractivity contribution in [1.29, 1.82) is 0 Å². The van der Waals surface area contributed by atoms with Crippen LogP contribution in [0, 0.1) is 16.7 Å². The van der Waals surface area contributed by atoms with Crippen LogP contribution in [0.25, 0.3) is 0 Å². The van der Waals surface area contributed by atoms with E-state index in [-0.39, 0.29) is 0 Å². The summed E-state index contributed by atoms with van der Waals surface area (Å²) in [6.07, 6.45) is 6.43. The van der Waals surface area contributed by atoms with Gasteiger partial charge < -0.3 is 9.84 Å². The minimum Gasteiger partial charge on any atom is -0.343 e. The molecule has 1 aromatic heterocycles.